The Kier molecular flexibility index (Phi) is 6.83. The molecule has 0 radical (unpaired) electrons. The van der Waals surface area contributed by atoms with Crippen molar-refractivity contribution in [2.75, 3.05) is 18.4 Å². The van der Waals surface area contributed by atoms with Crippen LogP contribution in [0.15, 0.2) is 42.5 Å². The van der Waals surface area contributed by atoms with Crippen molar-refractivity contribution < 1.29 is 18.4 Å². The third-order valence-electron chi connectivity index (χ3n) is 3.85. The van der Waals surface area contributed by atoms with Crippen molar-refractivity contribution in [3.05, 3.63) is 65.2 Å². The van der Waals surface area contributed by atoms with Gasteiger partial charge in [0, 0.05) is 36.0 Å². The van der Waals surface area contributed by atoms with Crippen LogP contribution in [0.5, 0.6) is 0 Å². The number of nitrogens with one attached hydrogen (secondary N) is 1. The van der Waals surface area contributed by atoms with Crippen LogP contribution in [-0.2, 0) is 0 Å². The van der Waals surface area contributed by atoms with Crippen LogP contribution in [0.2, 0.25) is 0 Å². The highest BCUT2D eigenvalue weighted by Crippen LogP contribution is 2.15. The van der Waals surface area contributed by atoms with Gasteiger partial charge < -0.3 is 10.2 Å². The maximum Gasteiger partial charge on any atom is 0.255 e. The average Bonchev–Trinajstić information content (AvgIpc) is 2.64. The van der Waals surface area contributed by atoms with E-state index in [0.29, 0.717) is 24.2 Å². The van der Waals surface area contributed by atoms with Gasteiger partial charge in [-0.3, -0.25) is 9.59 Å². The van der Waals surface area contributed by atoms with Gasteiger partial charge >= 0.3 is 0 Å². The molecule has 0 aliphatic heterocycles. The molecule has 6 heteroatoms. The average molecular weight is 360 g/mol. The maximum atomic E-state index is 13.2. The van der Waals surface area contributed by atoms with Crippen molar-refractivity contribution in [2.45, 2.75) is 26.7 Å². The third-order valence-corrected chi connectivity index (χ3v) is 3.85. The Hall–Kier alpha value is -2.76. The summed E-state index contributed by atoms with van der Waals surface area (Å²) in [6.07, 6.45) is 1.75. The molecule has 138 valence electrons. The molecule has 0 atom stereocenters. The van der Waals surface area contributed by atoms with E-state index in [2.05, 4.69) is 5.32 Å². The molecule has 0 aromatic heterocycles. The second-order valence-electron chi connectivity index (χ2n) is 5.95. The standard InChI is InChI=1S/C20H22F2N2O2/c1-3-11-24(12-4-2)20(26)15-7-5-14(6-8-15)19(25)23-16-9-10-17(21)18(22)13-16/h5-10,13H,3-4,11-12H2,1-2H3,(H,23,25). The molecular weight excluding hydrogens is 338 g/mol. The molecule has 0 heterocycles. The SMILES string of the molecule is CCCN(CCC)C(=O)c1ccc(C(=O)Nc2ccc(F)c(F)c2)cc1. The fraction of sp³-hybridized carbons (Fsp3) is 0.300. The zero-order valence-corrected chi connectivity index (χ0v) is 14.9. The van der Waals surface area contributed by atoms with E-state index in [1.807, 2.05) is 13.8 Å². The van der Waals surface area contributed by atoms with E-state index >= 15 is 0 Å². The van der Waals surface area contributed by atoms with Crippen molar-refractivity contribution in [2.24, 2.45) is 0 Å². The summed E-state index contributed by atoms with van der Waals surface area (Å²) in [6, 6.07) is 9.42. The van der Waals surface area contributed by atoms with Crippen molar-refractivity contribution in [3.8, 4) is 0 Å². The van der Waals surface area contributed by atoms with E-state index in [4.69, 9.17) is 0 Å². The molecule has 0 spiro atoms. The third kappa shape index (κ3) is 4.88. The molecule has 2 amide bonds. The number of halogens is 2. The van der Waals surface area contributed by atoms with E-state index in [-0.39, 0.29) is 11.6 Å². The normalized spacial score (nSPS) is 10.5. The van der Waals surface area contributed by atoms with Gasteiger partial charge in [-0.1, -0.05) is 13.8 Å². The Morgan fingerprint density at radius 1 is 0.885 bits per heavy atom. The number of carbonyl (C=O) groups is 2. The Balaban J connectivity index is 2.09. The fourth-order valence-corrected chi connectivity index (χ4v) is 2.58. The summed E-state index contributed by atoms with van der Waals surface area (Å²) in [7, 11) is 0. The van der Waals surface area contributed by atoms with Crippen LogP contribution in [0.3, 0.4) is 0 Å². The second kappa shape index (κ2) is 9.08. The minimum atomic E-state index is -1.03. The molecule has 0 unspecified atom stereocenters. The monoisotopic (exact) mass is 360 g/mol. The fourth-order valence-electron chi connectivity index (χ4n) is 2.58. The molecule has 0 bridgehead atoms. The molecule has 0 saturated heterocycles. The largest absolute Gasteiger partial charge is 0.339 e. The molecular formula is C20H22F2N2O2. The first kappa shape index (κ1) is 19.6. The quantitative estimate of drug-likeness (QED) is 0.791. The van der Waals surface area contributed by atoms with E-state index in [1.165, 1.54) is 6.07 Å². The van der Waals surface area contributed by atoms with E-state index in [1.54, 1.807) is 29.2 Å². The molecule has 4 nitrogen and oxygen atoms in total. The van der Waals surface area contributed by atoms with Gasteiger partial charge in [0.2, 0.25) is 0 Å². The number of hydrogen-bond donors (Lipinski definition) is 1. The summed E-state index contributed by atoms with van der Waals surface area (Å²) in [5.74, 6) is -2.54. The highest BCUT2D eigenvalue weighted by molar-refractivity contribution is 6.05. The van der Waals surface area contributed by atoms with Crippen LogP contribution in [0.25, 0.3) is 0 Å². The summed E-state index contributed by atoms with van der Waals surface area (Å²) >= 11 is 0. The van der Waals surface area contributed by atoms with Gasteiger partial charge in [-0.05, 0) is 49.2 Å². The first-order chi connectivity index (χ1) is 12.5. The maximum absolute atomic E-state index is 13.2. The van der Waals surface area contributed by atoms with Crippen molar-refractivity contribution >= 4 is 17.5 Å². The van der Waals surface area contributed by atoms with Gasteiger partial charge in [0.1, 0.15) is 0 Å². The predicted molar refractivity (Wildman–Crippen MR) is 97.2 cm³/mol. The lowest BCUT2D eigenvalue weighted by Crippen LogP contribution is -2.32. The van der Waals surface area contributed by atoms with Crippen molar-refractivity contribution in [3.63, 3.8) is 0 Å². The molecule has 26 heavy (non-hydrogen) atoms. The van der Waals surface area contributed by atoms with Crippen LogP contribution in [0.4, 0.5) is 14.5 Å². The number of anilines is 1. The lowest BCUT2D eigenvalue weighted by atomic mass is 10.1. The molecule has 1 N–H and O–H groups in total. The van der Waals surface area contributed by atoms with Crippen LogP contribution in [-0.4, -0.2) is 29.8 Å². The molecule has 0 aliphatic carbocycles. The highest BCUT2D eigenvalue weighted by atomic mass is 19.2. The van der Waals surface area contributed by atoms with Crippen LogP contribution < -0.4 is 5.32 Å². The van der Waals surface area contributed by atoms with Crippen LogP contribution in [0, 0.1) is 11.6 Å². The van der Waals surface area contributed by atoms with E-state index in [9.17, 15) is 18.4 Å². The molecule has 0 saturated carbocycles. The first-order valence-electron chi connectivity index (χ1n) is 8.62. The lowest BCUT2D eigenvalue weighted by molar-refractivity contribution is 0.0755. The Labute approximate surface area is 151 Å². The predicted octanol–water partition coefficient (Wildman–Crippen LogP) is 4.48. The molecule has 0 aliphatic rings. The Bertz CT molecular complexity index is 770. The van der Waals surface area contributed by atoms with Gasteiger partial charge in [-0.15, -0.1) is 0 Å². The first-order valence-corrected chi connectivity index (χ1v) is 8.62. The second-order valence-corrected chi connectivity index (χ2v) is 5.95. The van der Waals surface area contributed by atoms with Gasteiger partial charge in [-0.25, -0.2) is 8.78 Å². The minimum Gasteiger partial charge on any atom is -0.339 e. The van der Waals surface area contributed by atoms with Gasteiger partial charge in [0.05, 0.1) is 0 Å². The zero-order chi connectivity index (χ0) is 19.1. The van der Waals surface area contributed by atoms with Crippen LogP contribution in [0.1, 0.15) is 47.4 Å². The Morgan fingerprint density at radius 3 is 2.00 bits per heavy atom. The number of carbonyl (C=O) groups excluding carboxylic acids is 2. The molecule has 2 aromatic carbocycles. The topological polar surface area (TPSA) is 49.4 Å². The van der Waals surface area contributed by atoms with Gasteiger partial charge in [0.15, 0.2) is 11.6 Å². The summed E-state index contributed by atoms with van der Waals surface area (Å²) in [5.41, 5.74) is 0.992. The summed E-state index contributed by atoms with van der Waals surface area (Å²) in [5, 5.41) is 2.50. The molecule has 2 rings (SSSR count). The molecule has 2 aromatic rings. The number of rotatable bonds is 7. The number of hydrogen-bond acceptors (Lipinski definition) is 2. The van der Waals surface area contributed by atoms with Gasteiger partial charge in [-0.2, -0.15) is 0 Å². The smallest absolute Gasteiger partial charge is 0.255 e. The highest BCUT2D eigenvalue weighted by Gasteiger charge is 2.15. The molecule has 0 fully saturated rings. The minimum absolute atomic E-state index is 0.0683. The summed E-state index contributed by atoms with van der Waals surface area (Å²) in [4.78, 5) is 26.5. The Morgan fingerprint density at radius 2 is 1.46 bits per heavy atom. The van der Waals surface area contributed by atoms with Gasteiger partial charge in [0.25, 0.3) is 11.8 Å². The van der Waals surface area contributed by atoms with E-state index < -0.39 is 17.5 Å². The lowest BCUT2D eigenvalue weighted by Gasteiger charge is -2.21. The van der Waals surface area contributed by atoms with E-state index in [0.717, 1.165) is 25.0 Å². The zero-order valence-electron chi connectivity index (χ0n) is 14.9. The van der Waals surface area contributed by atoms with Crippen molar-refractivity contribution in [1.82, 2.24) is 4.90 Å². The number of benzene rings is 2. The summed E-state index contributed by atoms with van der Waals surface area (Å²) < 4.78 is 26.1. The number of amides is 2. The summed E-state index contributed by atoms with van der Waals surface area (Å²) in [6.45, 7) is 5.40. The number of nitrogens with zero attached hydrogens (tertiary/aromatic N) is 1. The van der Waals surface area contributed by atoms with Crippen LogP contribution >= 0.6 is 0 Å². The van der Waals surface area contributed by atoms with Crippen molar-refractivity contribution in [1.29, 1.82) is 0 Å².